The second-order valence-electron chi connectivity index (χ2n) is 2.45. The lowest BCUT2D eigenvalue weighted by molar-refractivity contribution is 0.101. The van der Waals surface area contributed by atoms with Crippen molar-refractivity contribution in [1.29, 1.82) is 0 Å². The van der Waals surface area contributed by atoms with Crippen LogP contribution in [0.4, 0.5) is 0 Å². The molecule has 0 bridgehead atoms. The molecule has 68 valence electrons. The predicted octanol–water partition coefficient (Wildman–Crippen LogP) is 0.778. The molecule has 0 spiro atoms. The van der Waals surface area contributed by atoms with Gasteiger partial charge in [0.2, 0.25) is 0 Å². The number of hydrogen-bond donors (Lipinski definition) is 1. The SMILES string of the molecule is COCCCOCCCCN. The van der Waals surface area contributed by atoms with Gasteiger partial charge in [-0.1, -0.05) is 0 Å². The number of ether oxygens (including phenoxy) is 2. The number of rotatable bonds is 8. The lowest BCUT2D eigenvalue weighted by Crippen LogP contribution is -2.03. The molecule has 0 fully saturated rings. The van der Waals surface area contributed by atoms with Gasteiger partial charge in [0.1, 0.15) is 0 Å². The maximum absolute atomic E-state index is 5.32. The summed E-state index contributed by atoms with van der Waals surface area (Å²) in [7, 11) is 1.70. The van der Waals surface area contributed by atoms with E-state index in [0.29, 0.717) is 0 Å². The van der Waals surface area contributed by atoms with Gasteiger partial charge in [-0.2, -0.15) is 0 Å². The Balaban J connectivity index is 2.69. The Bertz CT molecular complexity index is 61.1. The Hall–Kier alpha value is -0.120. The first-order valence-electron chi connectivity index (χ1n) is 4.18. The fourth-order valence-corrected chi connectivity index (χ4v) is 0.756. The summed E-state index contributed by atoms with van der Waals surface area (Å²) in [6.07, 6.45) is 3.12. The molecule has 0 aromatic heterocycles. The van der Waals surface area contributed by atoms with Gasteiger partial charge in [0.25, 0.3) is 0 Å². The summed E-state index contributed by atoms with van der Waals surface area (Å²) >= 11 is 0. The first-order chi connectivity index (χ1) is 5.41. The number of unbranched alkanes of at least 4 members (excludes halogenated alkanes) is 1. The van der Waals surface area contributed by atoms with E-state index in [-0.39, 0.29) is 0 Å². The van der Waals surface area contributed by atoms with Gasteiger partial charge in [0, 0.05) is 26.9 Å². The summed E-state index contributed by atoms with van der Waals surface area (Å²) in [5.41, 5.74) is 5.32. The molecule has 0 saturated carbocycles. The van der Waals surface area contributed by atoms with Gasteiger partial charge >= 0.3 is 0 Å². The summed E-state index contributed by atoms with van der Waals surface area (Å²) in [5, 5.41) is 0. The van der Waals surface area contributed by atoms with Gasteiger partial charge in [-0.05, 0) is 25.8 Å². The minimum absolute atomic E-state index is 0.765. The van der Waals surface area contributed by atoms with Crippen LogP contribution in [0.3, 0.4) is 0 Å². The van der Waals surface area contributed by atoms with E-state index in [1.807, 2.05) is 0 Å². The van der Waals surface area contributed by atoms with Crippen LogP contribution in [0.2, 0.25) is 0 Å². The highest BCUT2D eigenvalue weighted by atomic mass is 16.5. The molecular weight excluding hydrogens is 142 g/mol. The van der Waals surface area contributed by atoms with Crippen LogP contribution in [-0.2, 0) is 9.47 Å². The standard InChI is InChI=1S/C8H19NO2/c1-10-6-4-8-11-7-3-2-5-9/h2-9H2,1H3. The highest BCUT2D eigenvalue weighted by Gasteiger charge is 1.88. The zero-order valence-electron chi connectivity index (χ0n) is 7.34. The van der Waals surface area contributed by atoms with Gasteiger partial charge in [-0.3, -0.25) is 0 Å². The second-order valence-corrected chi connectivity index (χ2v) is 2.45. The van der Waals surface area contributed by atoms with E-state index < -0.39 is 0 Å². The van der Waals surface area contributed by atoms with E-state index in [0.717, 1.165) is 45.6 Å². The molecule has 3 nitrogen and oxygen atoms in total. The van der Waals surface area contributed by atoms with E-state index in [9.17, 15) is 0 Å². The van der Waals surface area contributed by atoms with E-state index in [1.54, 1.807) is 7.11 Å². The third kappa shape index (κ3) is 9.88. The van der Waals surface area contributed by atoms with Gasteiger partial charge in [0.15, 0.2) is 0 Å². The van der Waals surface area contributed by atoms with E-state index in [2.05, 4.69) is 0 Å². The van der Waals surface area contributed by atoms with Gasteiger partial charge in [0.05, 0.1) is 0 Å². The first-order valence-corrected chi connectivity index (χ1v) is 4.18. The molecule has 0 aliphatic carbocycles. The topological polar surface area (TPSA) is 44.5 Å². The molecule has 0 aliphatic heterocycles. The average molecular weight is 161 g/mol. The first kappa shape index (κ1) is 10.9. The lowest BCUT2D eigenvalue weighted by atomic mass is 10.3. The van der Waals surface area contributed by atoms with Gasteiger partial charge < -0.3 is 15.2 Å². The van der Waals surface area contributed by atoms with E-state index >= 15 is 0 Å². The number of hydrogen-bond acceptors (Lipinski definition) is 3. The van der Waals surface area contributed by atoms with Crippen molar-refractivity contribution in [2.75, 3.05) is 33.5 Å². The van der Waals surface area contributed by atoms with Crippen molar-refractivity contribution in [3.05, 3.63) is 0 Å². The summed E-state index contributed by atoms with van der Waals surface area (Å²) in [4.78, 5) is 0. The van der Waals surface area contributed by atoms with Crippen LogP contribution >= 0.6 is 0 Å². The maximum atomic E-state index is 5.32. The Morgan fingerprint density at radius 3 is 2.36 bits per heavy atom. The third-order valence-electron chi connectivity index (χ3n) is 1.38. The molecule has 0 saturated heterocycles. The molecule has 3 heteroatoms. The fourth-order valence-electron chi connectivity index (χ4n) is 0.756. The van der Waals surface area contributed by atoms with Crippen LogP contribution in [0.15, 0.2) is 0 Å². The molecule has 0 heterocycles. The fraction of sp³-hybridized carbons (Fsp3) is 1.00. The summed E-state index contributed by atoms with van der Waals surface area (Å²) in [6, 6.07) is 0. The van der Waals surface area contributed by atoms with Crippen LogP contribution in [0.1, 0.15) is 19.3 Å². The lowest BCUT2D eigenvalue weighted by Gasteiger charge is -2.02. The zero-order valence-corrected chi connectivity index (χ0v) is 7.34. The van der Waals surface area contributed by atoms with Crippen LogP contribution in [0, 0.1) is 0 Å². The number of nitrogens with two attached hydrogens (primary N) is 1. The van der Waals surface area contributed by atoms with Crippen LogP contribution < -0.4 is 5.73 Å². The van der Waals surface area contributed by atoms with Gasteiger partial charge in [-0.15, -0.1) is 0 Å². The second kappa shape index (κ2) is 9.88. The molecule has 0 aromatic rings. The zero-order chi connectivity index (χ0) is 8.36. The minimum Gasteiger partial charge on any atom is -0.385 e. The molecule has 0 unspecified atom stereocenters. The van der Waals surface area contributed by atoms with Gasteiger partial charge in [-0.25, -0.2) is 0 Å². The third-order valence-corrected chi connectivity index (χ3v) is 1.38. The maximum Gasteiger partial charge on any atom is 0.0487 e. The smallest absolute Gasteiger partial charge is 0.0487 e. The molecule has 2 N–H and O–H groups in total. The van der Waals surface area contributed by atoms with Crippen molar-refractivity contribution < 1.29 is 9.47 Å². The normalized spacial score (nSPS) is 10.4. The highest BCUT2D eigenvalue weighted by Crippen LogP contribution is 1.89. The Labute approximate surface area is 68.9 Å². The monoisotopic (exact) mass is 161 g/mol. The molecular formula is C8H19NO2. The Morgan fingerprint density at radius 2 is 1.73 bits per heavy atom. The average Bonchev–Trinajstić information content (AvgIpc) is 2.03. The summed E-state index contributed by atoms with van der Waals surface area (Å²) < 4.78 is 10.2. The summed E-state index contributed by atoms with van der Waals surface area (Å²) in [5.74, 6) is 0. The van der Waals surface area contributed by atoms with Crippen LogP contribution in [0.25, 0.3) is 0 Å². The quantitative estimate of drug-likeness (QED) is 0.535. The van der Waals surface area contributed by atoms with Crippen LogP contribution in [-0.4, -0.2) is 33.5 Å². The molecule has 0 aromatic carbocycles. The number of methoxy groups -OCH3 is 1. The van der Waals surface area contributed by atoms with Crippen molar-refractivity contribution in [3.8, 4) is 0 Å². The van der Waals surface area contributed by atoms with Crippen molar-refractivity contribution in [3.63, 3.8) is 0 Å². The van der Waals surface area contributed by atoms with E-state index in [4.69, 9.17) is 15.2 Å². The van der Waals surface area contributed by atoms with Crippen molar-refractivity contribution in [1.82, 2.24) is 0 Å². The van der Waals surface area contributed by atoms with E-state index in [1.165, 1.54) is 0 Å². The highest BCUT2D eigenvalue weighted by molar-refractivity contribution is 4.39. The molecule has 0 radical (unpaired) electrons. The van der Waals surface area contributed by atoms with Crippen molar-refractivity contribution in [2.45, 2.75) is 19.3 Å². The summed E-state index contributed by atoms with van der Waals surface area (Å²) in [6.45, 7) is 3.19. The Morgan fingerprint density at radius 1 is 1.00 bits per heavy atom. The molecule has 11 heavy (non-hydrogen) atoms. The molecule has 0 aliphatic rings. The van der Waals surface area contributed by atoms with Crippen LogP contribution in [0.5, 0.6) is 0 Å². The Kier molecular flexibility index (Phi) is 9.77. The molecule has 0 rings (SSSR count). The molecule has 0 atom stereocenters. The van der Waals surface area contributed by atoms with Crippen molar-refractivity contribution in [2.24, 2.45) is 5.73 Å². The minimum atomic E-state index is 0.765. The predicted molar refractivity (Wildman–Crippen MR) is 45.6 cm³/mol. The molecule has 0 amide bonds. The van der Waals surface area contributed by atoms with Crippen molar-refractivity contribution >= 4 is 0 Å². The largest absolute Gasteiger partial charge is 0.385 e.